The molecule has 0 aromatic carbocycles. The summed E-state index contributed by atoms with van der Waals surface area (Å²) in [7, 11) is 0. The minimum atomic E-state index is -0.193. The lowest BCUT2D eigenvalue weighted by atomic mass is 10.1. The largest absolute Gasteiger partial charge is 0.382 e. The number of aryl methyl sites for hydroxylation is 2. The average Bonchev–Trinajstić information content (AvgIpc) is 2.28. The number of hydrogen-bond acceptors (Lipinski definition) is 3. The summed E-state index contributed by atoms with van der Waals surface area (Å²) >= 11 is 0. The van der Waals surface area contributed by atoms with Crippen molar-refractivity contribution in [1.82, 2.24) is 4.57 Å². The van der Waals surface area contributed by atoms with Gasteiger partial charge in [-0.25, -0.2) is 0 Å². The standard InChI is InChI=1S/C13H18N2O2/c1-4-17-7-5-6-15-11(3)8-10(2)12(9-14)13(15)16/h8H,4-7H2,1-3H3. The molecule has 0 saturated carbocycles. The first kappa shape index (κ1) is 13.5. The highest BCUT2D eigenvalue weighted by Gasteiger charge is 2.09. The molecule has 17 heavy (non-hydrogen) atoms. The molecular weight excluding hydrogens is 216 g/mol. The summed E-state index contributed by atoms with van der Waals surface area (Å²) in [5.74, 6) is 0. The van der Waals surface area contributed by atoms with Crippen molar-refractivity contribution < 1.29 is 4.74 Å². The van der Waals surface area contributed by atoms with Crippen LogP contribution in [0.3, 0.4) is 0 Å². The smallest absolute Gasteiger partial charge is 0.268 e. The van der Waals surface area contributed by atoms with E-state index in [2.05, 4.69) is 0 Å². The van der Waals surface area contributed by atoms with E-state index in [-0.39, 0.29) is 11.1 Å². The Labute approximate surface area is 101 Å². The Bertz CT molecular complexity index is 483. The Morgan fingerprint density at radius 1 is 1.47 bits per heavy atom. The third-order valence-electron chi connectivity index (χ3n) is 2.69. The number of pyridine rings is 1. The van der Waals surface area contributed by atoms with Gasteiger partial charge in [0, 0.05) is 25.5 Å². The second-order valence-corrected chi connectivity index (χ2v) is 3.96. The number of rotatable bonds is 5. The van der Waals surface area contributed by atoms with Crippen molar-refractivity contribution in [3.8, 4) is 6.07 Å². The topological polar surface area (TPSA) is 55.0 Å². The van der Waals surface area contributed by atoms with Crippen LogP contribution in [0.5, 0.6) is 0 Å². The van der Waals surface area contributed by atoms with Crippen LogP contribution in [0, 0.1) is 25.2 Å². The lowest BCUT2D eigenvalue weighted by Gasteiger charge is -2.11. The van der Waals surface area contributed by atoms with Crippen molar-refractivity contribution in [3.05, 3.63) is 33.2 Å². The normalized spacial score (nSPS) is 10.2. The zero-order chi connectivity index (χ0) is 12.8. The van der Waals surface area contributed by atoms with E-state index in [4.69, 9.17) is 10.00 Å². The highest BCUT2D eigenvalue weighted by atomic mass is 16.5. The second-order valence-electron chi connectivity index (χ2n) is 3.96. The van der Waals surface area contributed by atoms with Crippen LogP contribution in [0.2, 0.25) is 0 Å². The van der Waals surface area contributed by atoms with E-state index >= 15 is 0 Å². The third-order valence-corrected chi connectivity index (χ3v) is 2.69. The molecule has 0 saturated heterocycles. The highest BCUT2D eigenvalue weighted by Crippen LogP contribution is 2.05. The first-order valence-corrected chi connectivity index (χ1v) is 5.80. The number of aromatic nitrogens is 1. The summed E-state index contributed by atoms with van der Waals surface area (Å²) < 4.78 is 6.88. The van der Waals surface area contributed by atoms with Gasteiger partial charge in [-0.2, -0.15) is 5.26 Å². The maximum Gasteiger partial charge on any atom is 0.268 e. The van der Waals surface area contributed by atoms with E-state index in [9.17, 15) is 4.79 Å². The van der Waals surface area contributed by atoms with E-state index in [1.54, 1.807) is 11.5 Å². The van der Waals surface area contributed by atoms with Crippen LogP contribution in [0.4, 0.5) is 0 Å². The molecule has 1 aromatic rings. The minimum Gasteiger partial charge on any atom is -0.382 e. The first-order valence-electron chi connectivity index (χ1n) is 5.80. The molecule has 1 rings (SSSR count). The van der Waals surface area contributed by atoms with Crippen molar-refractivity contribution >= 4 is 0 Å². The van der Waals surface area contributed by atoms with Crippen LogP contribution in [0.25, 0.3) is 0 Å². The Morgan fingerprint density at radius 3 is 2.76 bits per heavy atom. The molecule has 4 nitrogen and oxygen atoms in total. The Balaban J connectivity index is 2.93. The molecule has 0 bridgehead atoms. The summed E-state index contributed by atoms with van der Waals surface area (Å²) in [6.07, 6.45) is 0.780. The predicted octanol–water partition coefficient (Wildman–Crippen LogP) is 1.76. The molecule has 0 radical (unpaired) electrons. The monoisotopic (exact) mass is 234 g/mol. The van der Waals surface area contributed by atoms with Crippen LogP contribution in [0.15, 0.2) is 10.9 Å². The van der Waals surface area contributed by atoms with E-state index in [0.717, 1.165) is 17.7 Å². The molecule has 0 amide bonds. The van der Waals surface area contributed by atoms with Crippen LogP contribution >= 0.6 is 0 Å². The summed E-state index contributed by atoms with van der Waals surface area (Å²) in [5, 5.41) is 8.94. The molecular formula is C13H18N2O2. The van der Waals surface area contributed by atoms with Gasteiger partial charge in [-0.1, -0.05) is 0 Å². The maximum absolute atomic E-state index is 12.0. The third kappa shape index (κ3) is 3.18. The number of nitriles is 1. The molecule has 92 valence electrons. The average molecular weight is 234 g/mol. The molecule has 0 aliphatic rings. The molecule has 0 aliphatic carbocycles. The lowest BCUT2D eigenvalue weighted by Crippen LogP contribution is -2.26. The minimum absolute atomic E-state index is 0.193. The summed E-state index contributed by atoms with van der Waals surface area (Å²) in [4.78, 5) is 12.0. The van der Waals surface area contributed by atoms with Crippen LogP contribution in [-0.2, 0) is 11.3 Å². The number of nitrogens with zero attached hydrogens (tertiary/aromatic N) is 2. The number of ether oxygens (including phenoxy) is 1. The summed E-state index contributed by atoms with van der Waals surface area (Å²) in [5.41, 5.74) is 1.69. The van der Waals surface area contributed by atoms with Gasteiger partial charge in [-0.05, 0) is 38.8 Å². The van der Waals surface area contributed by atoms with E-state index in [0.29, 0.717) is 19.8 Å². The van der Waals surface area contributed by atoms with E-state index in [1.807, 2.05) is 26.0 Å². The van der Waals surface area contributed by atoms with E-state index in [1.165, 1.54) is 0 Å². The number of hydrogen-bond donors (Lipinski definition) is 0. The zero-order valence-corrected chi connectivity index (χ0v) is 10.6. The Kier molecular flexibility index (Phi) is 4.92. The van der Waals surface area contributed by atoms with Crippen LogP contribution in [-0.4, -0.2) is 17.8 Å². The van der Waals surface area contributed by atoms with Gasteiger partial charge in [0.15, 0.2) is 0 Å². The quantitative estimate of drug-likeness (QED) is 0.729. The maximum atomic E-state index is 12.0. The summed E-state index contributed by atoms with van der Waals surface area (Å²) in [6, 6.07) is 3.84. The predicted molar refractivity (Wildman–Crippen MR) is 66.0 cm³/mol. The second kappa shape index (κ2) is 6.21. The van der Waals surface area contributed by atoms with Gasteiger partial charge in [0.2, 0.25) is 0 Å². The molecule has 0 aliphatic heterocycles. The van der Waals surface area contributed by atoms with Crippen LogP contribution in [0.1, 0.15) is 30.2 Å². The highest BCUT2D eigenvalue weighted by molar-refractivity contribution is 5.36. The van der Waals surface area contributed by atoms with Crippen molar-refractivity contribution in [2.24, 2.45) is 0 Å². The fourth-order valence-corrected chi connectivity index (χ4v) is 1.81. The van der Waals surface area contributed by atoms with Gasteiger partial charge in [0.1, 0.15) is 11.6 Å². The van der Waals surface area contributed by atoms with Gasteiger partial charge in [-0.3, -0.25) is 4.79 Å². The molecule has 0 spiro atoms. The lowest BCUT2D eigenvalue weighted by molar-refractivity contribution is 0.141. The zero-order valence-electron chi connectivity index (χ0n) is 10.6. The van der Waals surface area contributed by atoms with Crippen molar-refractivity contribution in [2.45, 2.75) is 33.7 Å². The van der Waals surface area contributed by atoms with Gasteiger partial charge in [0.05, 0.1) is 0 Å². The molecule has 0 N–H and O–H groups in total. The fourth-order valence-electron chi connectivity index (χ4n) is 1.81. The first-order chi connectivity index (χ1) is 8.11. The van der Waals surface area contributed by atoms with Gasteiger partial charge >= 0.3 is 0 Å². The van der Waals surface area contributed by atoms with Gasteiger partial charge in [0.25, 0.3) is 5.56 Å². The Morgan fingerprint density at radius 2 is 2.18 bits per heavy atom. The molecule has 0 fully saturated rings. The van der Waals surface area contributed by atoms with Crippen molar-refractivity contribution in [3.63, 3.8) is 0 Å². The summed E-state index contributed by atoms with van der Waals surface area (Å²) in [6.45, 7) is 7.54. The van der Waals surface area contributed by atoms with Gasteiger partial charge < -0.3 is 9.30 Å². The van der Waals surface area contributed by atoms with E-state index < -0.39 is 0 Å². The molecule has 1 heterocycles. The van der Waals surface area contributed by atoms with Crippen molar-refractivity contribution in [2.75, 3.05) is 13.2 Å². The van der Waals surface area contributed by atoms with Crippen molar-refractivity contribution in [1.29, 1.82) is 5.26 Å². The Hall–Kier alpha value is -1.60. The molecule has 0 unspecified atom stereocenters. The van der Waals surface area contributed by atoms with Gasteiger partial charge in [-0.15, -0.1) is 0 Å². The molecule has 0 atom stereocenters. The molecule has 4 heteroatoms. The SMILES string of the molecule is CCOCCCn1c(C)cc(C)c(C#N)c1=O. The fraction of sp³-hybridized carbons (Fsp3) is 0.538. The van der Waals surface area contributed by atoms with Crippen LogP contribution < -0.4 is 5.56 Å². The molecule has 1 aromatic heterocycles.